The fourth-order valence-electron chi connectivity index (χ4n) is 10.3. The minimum atomic E-state index is -0.336. The molecule has 33 heavy (non-hydrogen) atoms. The first-order chi connectivity index (χ1) is 15.5. The third-order valence-electron chi connectivity index (χ3n) is 12.4. The van der Waals surface area contributed by atoms with Crippen molar-refractivity contribution >= 4 is 15.9 Å². The molecule has 0 aromatic rings. The van der Waals surface area contributed by atoms with Crippen LogP contribution in [-0.2, 0) is 9.47 Å². The van der Waals surface area contributed by atoms with Gasteiger partial charge in [-0.05, 0) is 93.8 Å². The summed E-state index contributed by atoms with van der Waals surface area (Å²) in [5.41, 5.74) is -0.389. The zero-order valence-electron chi connectivity index (χ0n) is 21.2. The normalized spacial score (nSPS) is 59.9. The zero-order valence-corrected chi connectivity index (χ0v) is 22.8. The van der Waals surface area contributed by atoms with Crippen LogP contribution in [0.2, 0.25) is 0 Å². The van der Waals surface area contributed by atoms with Crippen LogP contribution in [0.25, 0.3) is 0 Å². The minimum Gasteiger partial charge on any atom is -0.393 e. The molecule has 2 heterocycles. The number of alkyl halides is 1. The van der Waals surface area contributed by atoms with Gasteiger partial charge in [0.15, 0.2) is 6.29 Å². The van der Waals surface area contributed by atoms with Gasteiger partial charge in [-0.3, -0.25) is 0 Å². The van der Waals surface area contributed by atoms with Crippen molar-refractivity contribution in [2.75, 3.05) is 0 Å². The number of fused-ring (bicyclic) bond motifs is 2. The molecular weight excluding hydrogens is 480 g/mol. The summed E-state index contributed by atoms with van der Waals surface area (Å²) in [5.74, 6) is 2.86. The SMILES string of the molecule is CC(C)C(C)CCC1(C)OC2OC34C(Br)CC5CC(O)CCC5(C)C3CCC23C1CC(O)C34. The number of hydrogen-bond donors (Lipinski definition) is 2. The molecule has 13 atom stereocenters. The smallest absolute Gasteiger partial charge is 0.165 e. The van der Waals surface area contributed by atoms with Crippen LogP contribution >= 0.6 is 15.9 Å². The summed E-state index contributed by atoms with van der Waals surface area (Å²) in [6, 6.07) is 0. The Kier molecular flexibility index (Phi) is 5.34. The summed E-state index contributed by atoms with van der Waals surface area (Å²) < 4.78 is 14.2. The molecule has 4 saturated carbocycles. The summed E-state index contributed by atoms with van der Waals surface area (Å²) in [7, 11) is 0. The molecular formula is C28H45BrO4. The Morgan fingerprint density at radius 2 is 1.73 bits per heavy atom. The summed E-state index contributed by atoms with van der Waals surface area (Å²) in [5, 5.41) is 22.1. The van der Waals surface area contributed by atoms with E-state index in [1.54, 1.807) is 0 Å². The van der Waals surface area contributed by atoms with Gasteiger partial charge in [-0.2, -0.15) is 0 Å². The first-order valence-corrected chi connectivity index (χ1v) is 14.8. The van der Waals surface area contributed by atoms with Crippen LogP contribution in [0, 0.1) is 46.3 Å². The third kappa shape index (κ3) is 2.84. The molecule has 2 spiro atoms. The Balaban J connectivity index is 1.35. The highest BCUT2D eigenvalue weighted by Crippen LogP contribution is 2.79. The molecule has 13 unspecified atom stereocenters. The fraction of sp³-hybridized carbons (Fsp3) is 1.00. The highest BCUT2D eigenvalue weighted by atomic mass is 79.9. The zero-order chi connectivity index (χ0) is 23.6. The lowest BCUT2D eigenvalue weighted by molar-refractivity contribution is -0.248. The second-order valence-electron chi connectivity index (χ2n) is 13.9. The molecule has 4 nitrogen and oxygen atoms in total. The van der Waals surface area contributed by atoms with Crippen LogP contribution in [0.15, 0.2) is 0 Å². The van der Waals surface area contributed by atoms with E-state index < -0.39 is 0 Å². The molecule has 0 aromatic heterocycles. The van der Waals surface area contributed by atoms with Crippen LogP contribution < -0.4 is 0 Å². The van der Waals surface area contributed by atoms with Gasteiger partial charge in [0.05, 0.1) is 23.4 Å². The summed E-state index contributed by atoms with van der Waals surface area (Å²) in [4.78, 5) is 0.218. The highest BCUT2D eigenvalue weighted by molar-refractivity contribution is 9.09. The Bertz CT molecular complexity index is 805. The van der Waals surface area contributed by atoms with Gasteiger partial charge in [0.2, 0.25) is 0 Å². The van der Waals surface area contributed by atoms with E-state index in [-0.39, 0.29) is 51.3 Å². The monoisotopic (exact) mass is 524 g/mol. The number of halogens is 1. The van der Waals surface area contributed by atoms with Crippen molar-refractivity contribution in [1.29, 1.82) is 0 Å². The van der Waals surface area contributed by atoms with Gasteiger partial charge < -0.3 is 19.7 Å². The van der Waals surface area contributed by atoms with Crippen LogP contribution in [0.4, 0.5) is 0 Å². The number of aliphatic hydroxyl groups is 2. The van der Waals surface area contributed by atoms with Crippen molar-refractivity contribution in [1.82, 2.24) is 0 Å². The van der Waals surface area contributed by atoms with Crippen molar-refractivity contribution < 1.29 is 19.7 Å². The van der Waals surface area contributed by atoms with E-state index in [0.29, 0.717) is 29.6 Å². The standard InChI is InChI=1S/C28H45BrO4/c1-15(2)16(3)6-10-26(5)21-14-19(31)23-27(21)11-8-20-25(4)9-7-18(30)12-17(25)13-22(29)28(20,23)33-24(27)32-26/h15-24,30-31H,6-14H2,1-5H3. The van der Waals surface area contributed by atoms with E-state index in [4.69, 9.17) is 9.47 Å². The Hall–Kier alpha value is 0.320. The molecule has 0 aromatic carbocycles. The number of ether oxygens (including phenoxy) is 2. The van der Waals surface area contributed by atoms with Crippen LogP contribution in [-0.4, -0.2) is 44.7 Å². The number of hydrogen-bond acceptors (Lipinski definition) is 4. The average molecular weight is 526 g/mol. The molecule has 0 amide bonds. The third-order valence-corrected chi connectivity index (χ3v) is 13.5. The molecule has 6 rings (SSSR count). The maximum absolute atomic E-state index is 11.7. The van der Waals surface area contributed by atoms with Crippen molar-refractivity contribution in [3.05, 3.63) is 0 Å². The summed E-state index contributed by atoms with van der Waals surface area (Å²) in [6.07, 6.45) is 8.67. The average Bonchev–Trinajstić information content (AvgIpc) is 3.26. The quantitative estimate of drug-likeness (QED) is 0.465. The molecule has 0 radical (unpaired) electrons. The van der Waals surface area contributed by atoms with Crippen molar-refractivity contribution in [2.45, 2.75) is 127 Å². The first-order valence-electron chi connectivity index (χ1n) is 13.8. The van der Waals surface area contributed by atoms with E-state index in [2.05, 4.69) is 50.5 Å². The van der Waals surface area contributed by atoms with Crippen LogP contribution in [0.1, 0.15) is 92.4 Å². The van der Waals surface area contributed by atoms with E-state index in [9.17, 15) is 10.2 Å². The van der Waals surface area contributed by atoms with Crippen molar-refractivity contribution in [2.24, 2.45) is 46.3 Å². The maximum Gasteiger partial charge on any atom is 0.165 e. The topological polar surface area (TPSA) is 58.9 Å². The van der Waals surface area contributed by atoms with E-state index >= 15 is 0 Å². The Morgan fingerprint density at radius 1 is 0.970 bits per heavy atom. The number of rotatable bonds is 4. The second kappa shape index (κ2) is 7.43. The van der Waals surface area contributed by atoms with Gasteiger partial charge in [-0.1, -0.05) is 43.6 Å². The lowest BCUT2D eigenvalue weighted by atomic mass is 9.43. The molecule has 2 bridgehead atoms. The van der Waals surface area contributed by atoms with Crippen LogP contribution in [0.5, 0.6) is 0 Å². The van der Waals surface area contributed by atoms with Gasteiger partial charge in [0.25, 0.3) is 0 Å². The molecule has 2 saturated heterocycles. The molecule has 2 aliphatic heterocycles. The molecule has 6 aliphatic rings. The van der Waals surface area contributed by atoms with Gasteiger partial charge in [0, 0.05) is 22.1 Å². The lowest BCUT2D eigenvalue weighted by Gasteiger charge is -2.64. The van der Waals surface area contributed by atoms with E-state index in [1.807, 2.05) is 0 Å². The summed E-state index contributed by atoms with van der Waals surface area (Å²) >= 11 is 4.13. The van der Waals surface area contributed by atoms with Crippen molar-refractivity contribution in [3.63, 3.8) is 0 Å². The largest absolute Gasteiger partial charge is 0.393 e. The highest BCUT2D eigenvalue weighted by Gasteiger charge is 2.84. The Morgan fingerprint density at radius 3 is 2.45 bits per heavy atom. The second-order valence-corrected chi connectivity index (χ2v) is 15.0. The predicted molar refractivity (Wildman–Crippen MR) is 132 cm³/mol. The van der Waals surface area contributed by atoms with Crippen molar-refractivity contribution in [3.8, 4) is 0 Å². The number of aliphatic hydroxyl groups excluding tert-OH is 2. The molecule has 2 N–H and O–H groups in total. The summed E-state index contributed by atoms with van der Waals surface area (Å²) in [6.45, 7) is 11.8. The van der Waals surface area contributed by atoms with Gasteiger partial charge in [0.1, 0.15) is 0 Å². The van der Waals surface area contributed by atoms with Gasteiger partial charge in [-0.15, -0.1) is 0 Å². The molecule has 4 aliphatic carbocycles. The lowest BCUT2D eigenvalue weighted by Crippen LogP contribution is -2.67. The predicted octanol–water partition coefficient (Wildman–Crippen LogP) is 5.67. The fourth-order valence-corrected chi connectivity index (χ4v) is 11.4. The molecule has 5 heteroatoms. The van der Waals surface area contributed by atoms with Gasteiger partial charge >= 0.3 is 0 Å². The van der Waals surface area contributed by atoms with E-state index in [0.717, 1.165) is 44.9 Å². The van der Waals surface area contributed by atoms with Crippen LogP contribution in [0.3, 0.4) is 0 Å². The molecule has 6 fully saturated rings. The first kappa shape index (κ1) is 23.7. The van der Waals surface area contributed by atoms with Gasteiger partial charge in [-0.25, -0.2) is 0 Å². The molecule has 188 valence electrons. The van der Waals surface area contributed by atoms with E-state index in [1.165, 1.54) is 12.8 Å². The minimum absolute atomic E-state index is 0.0326. The Labute approximate surface area is 208 Å². The maximum atomic E-state index is 11.7.